The van der Waals surface area contributed by atoms with E-state index in [1.54, 1.807) is 36.4 Å². The standard InChI is InChI=1S/C24H17Cl2F2NO2S2/c25-19-9-16(10-20(26)22(19)31-13-15-2-1-3-18(28)8-15)11-21-23(30)29(24(32)33-21)12-14-4-6-17(27)7-5-14/h1-10,21H,11-13H2/t21-/m0/s1. The molecule has 1 fully saturated rings. The minimum Gasteiger partial charge on any atom is -0.486 e. The first-order chi connectivity index (χ1) is 15.8. The SMILES string of the molecule is O=C1[C@H](Cc2cc(Cl)c(OCc3cccc(F)c3)c(Cl)c2)SC(=S)N1Cc1ccc(F)cc1. The lowest BCUT2D eigenvalue weighted by molar-refractivity contribution is -0.126. The maximum atomic E-state index is 13.4. The molecule has 0 N–H and O–H groups in total. The third-order valence-electron chi connectivity index (χ3n) is 5.01. The van der Waals surface area contributed by atoms with E-state index in [0.29, 0.717) is 32.1 Å². The van der Waals surface area contributed by atoms with Gasteiger partial charge in [0.2, 0.25) is 5.91 Å². The highest BCUT2D eigenvalue weighted by atomic mass is 35.5. The maximum Gasteiger partial charge on any atom is 0.242 e. The molecule has 0 spiro atoms. The van der Waals surface area contributed by atoms with Gasteiger partial charge in [0.1, 0.15) is 22.6 Å². The second-order valence-electron chi connectivity index (χ2n) is 7.43. The van der Waals surface area contributed by atoms with E-state index in [-0.39, 0.29) is 30.7 Å². The Bertz CT molecular complexity index is 1180. The van der Waals surface area contributed by atoms with E-state index in [1.165, 1.54) is 40.9 Å². The average molecular weight is 524 g/mol. The van der Waals surface area contributed by atoms with Crippen molar-refractivity contribution in [3.63, 3.8) is 0 Å². The van der Waals surface area contributed by atoms with Gasteiger partial charge in [0.05, 0.1) is 21.8 Å². The number of hydrogen-bond acceptors (Lipinski definition) is 4. The number of nitrogens with zero attached hydrogens (tertiary/aromatic N) is 1. The average Bonchev–Trinajstić information content (AvgIpc) is 3.02. The Balaban J connectivity index is 1.42. The summed E-state index contributed by atoms with van der Waals surface area (Å²) in [7, 11) is 0. The van der Waals surface area contributed by atoms with Gasteiger partial charge < -0.3 is 4.74 Å². The topological polar surface area (TPSA) is 29.5 Å². The Kier molecular flexibility index (Phi) is 7.54. The normalized spacial score (nSPS) is 15.9. The molecule has 0 radical (unpaired) electrons. The number of amides is 1. The zero-order valence-corrected chi connectivity index (χ0v) is 20.2. The van der Waals surface area contributed by atoms with Gasteiger partial charge in [0, 0.05) is 0 Å². The van der Waals surface area contributed by atoms with Gasteiger partial charge in [0.15, 0.2) is 5.75 Å². The Morgan fingerprint density at radius 3 is 2.30 bits per heavy atom. The Labute approximate surface area is 209 Å². The lowest BCUT2D eigenvalue weighted by Crippen LogP contribution is -2.31. The molecular weight excluding hydrogens is 507 g/mol. The van der Waals surface area contributed by atoms with Gasteiger partial charge in [-0.2, -0.15) is 0 Å². The fourth-order valence-electron chi connectivity index (χ4n) is 3.41. The highest BCUT2D eigenvalue weighted by Gasteiger charge is 2.37. The molecule has 3 aromatic rings. The molecule has 4 rings (SSSR count). The number of ether oxygens (including phenoxy) is 1. The van der Waals surface area contributed by atoms with Crippen LogP contribution in [0.15, 0.2) is 60.7 Å². The first-order valence-electron chi connectivity index (χ1n) is 9.92. The summed E-state index contributed by atoms with van der Waals surface area (Å²) in [6.45, 7) is 0.399. The van der Waals surface area contributed by atoms with Crippen molar-refractivity contribution in [1.82, 2.24) is 4.90 Å². The molecule has 1 amide bonds. The first kappa shape index (κ1) is 24.0. The smallest absolute Gasteiger partial charge is 0.242 e. The zero-order chi connectivity index (χ0) is 23.5. The van der Waals surface area contributed by atoms with Crippen molar-refractivity contribution in [3.05, 3.63) is 99.0 Å². The Hall–Kier alpha value is -2.19. The van der Waals surface area contributed by atoms with Crippen molar-refractivity contribution in [3.8, 4) is 5.75 Å². The van der Waals surface area contributed by atoms with Crippen LogP contribution in [0.5, 0.6) is 5.75 Å². The molecule has 0 aliphatic carbocycles. The van der Waals surface area contributed by atoms with Crippen molar-refractivity contribution in [2.45, 2.75) is 24.8 Å². The number of benzene rings is 3. The van der Waals surface area contributed by atoms with Crippen LogP contribution in [0.1, 0.15) is 16.7 Å². The molecule has 1 aliphatic rings. The fraction of sp³-hybridized carbons (Fsp3) is 0.167. The molecule has 3 aromatic carbocycles. The summed E-state index contributed by atoms with van der Waals surface area (Å²) in [6.07, 6.45) is 0.382. The summed E-state index contributed by atoms with van der Waals surface area (Å²) in [5.74, 6) is -0.509. The molecule has 33 heavy (non-hydrogen) atoms. The lowest BCUT2D eigenvalue weighted by atomic mass is 10.1. The second-order valence-corrected chi connectivity index (χ2v) is 10.1. The molecule has 1 aliphatic heterocycles. The highest BCUT2D eigenvalue weighted by Crippen LogP contribution is 2.37. The molecule has 1 heterocycles. The van der Waals surface area contributed by atoms with Gasteiger partial charge in [0.25, 0.3) is 0 Å². The van der Waals surface area contributed by atoms with E-state index >= 15 is 0 Å². The molecule has 1 saturated heterocycles. The minimum absolute atomic E-state index is 0.111. The molecule has 0 saturated carbocycles. The fourth-order valence-corrected chi connectivity index (χ4v) is 5.58. The second kappa shape index (κ2) is 10.4. The van der Waals surface area contributed by atoms with E-state index in [0.717, 1.165) is 11.1 Å². The van der Waals surface area contributed by atoms with E-state index in [9.17, 15) is 13.6 Å². The molecule has 9 heteroatoms. The predicted octanol–water partition coefficient (Wildman–Crippen LogP) is 6.82. The molecule has 0 bridgehead atoms. The highest BCUT2D eigenvalue weighted by molar-refractivity contribution is 8.24. The van der Waals surface area contributed by atoms with Gasteiger partial charge in [-0.15, -0.1) is 0 Å². The number of halogens is 4. The van der Waals surface area contributed by atoms with Crippen LogP contribution in [0.3, 0.4) is 0 Å². The van der Waals surface area contributed by atoms with Crippen LogP contribution >= 0.6 is 47.2 Å². The van der Waals surface area contributed by atoms with E-state index in [1.807, 2.05) is 0 Å². The monoisotopic (exact) mass is 523 g/mol. The summed E-state index contributed by atoms with van der Waals surface area (Å²) in [5.41, 5.74) is 2.20. The zero-order valence-electron chi connectivity index (χ0n) is 17.1. The summed E-state index contributed by atoms with van der Waals surface area (Å²) < 4.78 is 32.7. The van der Waals surface area contributed by atoms with Crippen LogP contribution in [0.2, 0.25) is 10.0 Å². The third kappa shape index (κ3) is 5.84. The van der Waals surface area contributed by atoms with Gasteiger partial charge in [-0.25, -0.2) is 8.78 Å². The predicted molar refractivity (Wildman–Crippen MR) is 132 cm³/mol. The van der Waals surface area contributed by atoms with E-state index in [2.05, 4.69) is 0 Å². The number of hydrogen-bond donors (Lipinski definition) is 0. The maximum absolute atomic E-state index is 13.4. The van der Waals surface area contributed by atoms with Crippen molar-refractivity contribution < 1.29 is 18.3 Å². The summed E-state index contributed by atoms with van der Waals surface area (Å²) in [6, 6.07) is 15.4. The molecule has 0 aromatic heterocycles. The number of thiocarbonyl (C=S) groups is 1. The Morgan fingerprint density at radius 1 is 0.939 bits per heavy atom. The van der Waals surface area contributed by atoms with Crippen molar-refractivity contribution in [1.29, 1.82) is 0 Å². The summed E-state index contributed by atoms with van der Waals surface area (Å²) in [5, 5.41) is 0.189. The van der Waals surface area contributed by atoms with Crippen LogP contribution in [0.4, 0.5) is 8.78 Å². The largest absolute Gasteiger partial charge is 0.486 e. The molecular formula is C24H17Cl2F2NO2S2. The third-order valence-corrected chi connectivity index (χ3v) is 7.16. The Morgan fingerprint density at radius 2 is 1.64 bits per heavy atom. The van der Waals surface area contributed by atoms with Crippen molar-refractivity contribution in [2.75, 3.05) is 0 Å². The van der Waals surface area contributed by atoms with Gasteiger partial charge in [-0.1, -0.05) is 71.4 Å². The van der Waals surface area contributed by atoms with Crippen LogP contribution in [-0.2, 0) is 24.4 Å². The minimum atomic E-state index is -0.413. The number of carbonyl (C=O) groups excluding carboxylic acids is 1. The van der Waals surface area contributed by atoms with Crippen LogP contribution in [0, 0.1) is 11.6 Å². The molecule has 1 atom stereocenters. The number of thioether (sulfide) groups is 1. The molecule has 0 unspecified atom stereocenters. The van der Waals surface area contributed by atoms with Gasteiger partial charge in [-0.3, -0.25) is 9.69 Å². The van der Waals surface area contributed by atoms with Gasteiger partial charge >= 0.3 is 0 Å². The van der Waals surface area contributed by atoms with E-state index in [4.69, 9.17) is 40.2 Å². The van der Waals surface area contributed by atoms with Crippen LogP contribution < -0.4 is 4.74 Å². The number of carbonyl (C=O) groups is 1. The number of rotatable bonds is 7. The lowest BCUT2D eigenvalue weighted by Gasteiger charge is -2.16. The van der Waals surface area contributed by atoms with Crippen LogP contribution in [-0.4, -0.2) is 20.4 Å². The molecule has 170 valence electrons. The summed E-state index contributed by atoms with van der Waals surface area (Å²) >= 11 is 19.5. The van der Waals surface area contributed by atoms with Crippen molar-refractivity contribution in [2.24, 2.45) is 0 Å². The quantitative estimate of drug-likeness (QED) is 0.317. The van der Waals surface area contributed by atoms with Crippen molar-refractivity contribution >= 4 is 57.4 Å². The van der Waals surface area contributed by atoms with Gasteiger partial charge in [-0.05, 0) is 59.5 Å². The summed E-state index contributed by atoms with van der Waals surface area (Å²) in [4.78, 5) is 14.5. The van der Waals surface area contributed by atoms with E-state index < -0.39 is 5.25 Å². The van der Waals surface area contributed by atoms with Crippen LogP contribution in [0.25, 0.3) is 0 Å². The first-order valence-corrected chi connectivity index (χ1v) is 12.0. The molecule has 3 nitrogen and oxygen atoms in total.